The minimum atomic E-state index is -2.05. The van der Waals surface area contributed by atoms with Crippen molar-refractivity contribution in [2.45, 2.75) is 35.8 Å². The minimum Gasteiger partial charge on any atom is -0.392 e. The first-order chi connectivity index (χ1) is 16.7. The molecule has 2 heterocycles. The van der Waals surface area contributed by atoms with Crippen LogP contribution >= 0.6 is 34.8 Å². The number of carbonyl (C=O) groups is 1. The number of rotatable bonds is 6. The van der Waals surface area contributed by atoms with Gasteiger partial charge in [0.2, 0.25) is 0 Å². The number of morpholine rings is 1. The van der Waals surface area contributed by atoms with Gasteiger partial charge in [0.1, 0.15) is 0 Å². The zero-order valence-electron chi connectivity index (χ0n) is 19.3. The average Bonchev–Trinajstić information content (AvgIpc) is 2.86. The molecule has 4 atom stereocenters. The summed E-state index contributed by atoms with van der Waals surface area (Å²) in [6.07, 6.45) is -0.868. The van der Waals surface area contributed by atoms with Gasteiger partial charge < -0.3 is 24.6 Å². The number of nitrogens with zero attached hydrogens (tertiary/aromatic N) is 1. The van der Waals surface area contributed by atoms with E-state index >= 15 is 0 Å². The lowest BCUT2D eigenvalue weighted by Crippen LogP contribution is -2.47. The lowest BCUT2D eigenvalue weighted by molar-refractivity contribution is -0.277. The molecule has 2 aliphatic rings. The first-order valence-electron chi connectivity index (χ1n) is 11.5. The minimum absolute atomic E-state index is 0.00604. The SMILES string of the molecule is C[C@H]1[C@@H](CN2CCOCC2)O[C@@H](c2ccc(NC(=O)C(Cl)(Cl)Cl)cc2)O[C@H]1c1ccc(CO)cc1. The number of nitrogens with one attached hydrogen (secondary N) is 1. The third kappa shape index (κ3) is 6.87. The Labute approximate surface area is 220 Å². The maximum Gasteiger partial charge on any atom is 0.276 e. The second-order valence-electron chi connectivity index (χ2n) is 8.81. The Morgan fingerprint density at radius 1 is 1.03 bits per heavy atom. The Kier molecular flexibility index (Phi) is 8.94. The molecule has 2 N–H and O–H groups in total. The molecule has 0 bridgehead atoms. The molecule has 2 aromatic carbocycles. The van der Waals surface area contributed by atoms with Crippen molar-refractivity contribution in [2.75, 3.05) is 38.2 Å². The molecule has 7 nitrogen and oxygen atoms in total. The Balaban J connectivity index is 1.54. The van der Waals surface area contributed by atoms with Gasteiger partial charge in [0.05, 0.1) is 32.0 Å². The largest absolute Gasteiger partial charge is 0.392 e. The molecule has 2 saturated heterocycles. The number of amides is 1. The molecule has 35 heavy (non-hydrogen) atoms. The zero-order valence-corrected chi connectivity index (χ0v) is 21.6. The number of anilines is 1. The van der Waals surface area contributed by atoms with Gasteiger partial charge in [0.25, 0.3) is 9.70 Å². The van der Waals surface area contributed by atoms with E-state index in [1.165, 1.54) is 0 Å². The predicted molar refractivity (Wildman–Crippen MR) is 136 cm³/mol. The molecule has 0 aromatic heterocycles. The van der Waals surface area contributed by atoms with Crippen LogP contribution < -0.4 is 5.32 Å². The number of alkyl halides is 3. The highest BCUT2D eigenvalue weighted by molar-refractivity contribution is 6.76. The van der Waals surface area contributed by atoms with Crippen LogP contribution in [0.15, 0.2) is 48.5 Å². The van der Waals surface area contributed by atoms with Crippen molar-refractivity contribution in [3.8, 4) is 0 Å². The normalized spacial score (nSPS) is 25.9. The van der Waals surface area contributed by atoms with Crippen LogP contribution in [-0.4, -0.2) is 58.7 Å². The smallest absolute Gasteiger partial charge is 0.276 e. The van der Waals surface area contributed by atoms with E-state index in [0.29, 0.717) is 18.9 Å². The van der Waals surface area contributed by atoms with Gasteiger partial charge in [-0.25, -0.2) is 0 Å². The summed E-state index contributed by atoms with van der Waals surface area (Å²) < 4.78 is 16.4. The highest BCUT2D eigenvalue weighted by atomic mass is 35.6. The molecule has 4 rings (SSSR count). The predicted octanol–water partition coefficient (Wildman–Crippen LogP) is 4.61. The highest BCUT2D eigenvalue weighted by Gasteiger charge is 2.39. The molecule has 10 heteroatoms. The van der Waals surface area contributed by atoms with Crippen molar-refractivity contribution in [1.29, 1.82) is 0 Å². The van der Waals surface area contributed by atoms with E-state index in [2.05, 4.69) is 17.1 Å². The van der Waals surface area contributed by atoms with Crippen LogP contribution in [0.3, 0.4) is 0 Å². The summed E-state index contributed by atoms with van der Waals surface area (Å²) in [5, 5.41) is 12.0. The van der Waals surface area contributed by atoms with Gasteiger partial charge in [-0.2, -0.15) is 0 Å². The molecule has 0 saturated carbocycles. The van der Waals surface area contributed by atoms with E-state index in [4.69, 9.17) is 49.0 Å². The molecular formula is C25H29Cl3N2O5. The van der Waals surface area contributed by atoms with Crippen molar-refractivity contribution in [1.82, 2.24) is 4.90 Å². The van der Waals surface area contributed by atoms with Crippen LogP contribution in [-0.2, 0) is 25.6 Å². The van der Waals surface area contributed by atoms with E-state index < -0.39 is 16.0 Å². The number of carbonyl (C=O) groups excluding carboxylic acids is 1. The molecule has 190 valence electrons. The molecule has 2 fully saturated rings. The summed E-state index contributed by atoms with van der Waals surface area (Å²) >= 11 is 16.9. The monoisotopic (exact) mass is 542 g/mol. The van der Waals surface area contributed by atoms with E-state index in [1.54, 1.807) is 12.1 Å². The maximum absolute atomic E-state index is 11.9. The highest BCUT2D eigenvalue weighted by Crippen LogP contribution is 2.42. The fourth-order valence-corrected chi connectivity index (χ4v) is 4.43. The Morgan fingerprint density at radius 3 is 2.26 bits per heavy atom. The lowest BCUT2D eigenvalue weighted by Gasteiger charge is -2.43. The summed E-state index contributed by atoms with van der Waals surface area (Å²) in [6, 6.07) is 14.9. The molecule has 2 aromatic rings. The maximum atomic E-state index is 11.9. The quantitative estimate of drug-likeness (QED) is 0.518. The average molecular weight is 544 g/mol. The van der Waals surface area contributed by atoms with Crippen LogP contribution in [0, 0.1) is 5.92 Å². The molecule has 2 aliphatic heterocycles. The van der Waals surface area contributed by atoms with Gasteiger partial charge in [-0.05, 0) is 23.3 Å². The van der Waals surface area contributed by atoms with E-state index in [1.807, 2.05) is 36.4 Å². The molecule has 0 radical (unpaired) electrons. The van der Waals surface area contributed by atoms with Crippen LogP contribution in [0.25, 0.3) is 0 Å². The third-order valence-electron chi connectivity index (χ3n) is 6.36. The van der Waals surface area contributed by atoms with Crippen molar-refractivity contribution in [2.24, 2.45) is 5.92 Å². The first kappa shape index (κ1) is 26.6. The zero-order chi connectivity index (χ0) is 25.0. The summed E-state index contributed by atoms with van der Waals surface area (Å²) in [6.45, 7) is 6.07. The first-order valence-corrected chi connectivity index (χ1v) is 12.7. The van der Waals surface area contributed by atoms with Gasteiger partial charge in [-0.1, -0.05) is 78.1 Å². The molecule has 0 spiro atoms. The van der Waals surface area contributed by atoms with Crippen molar-refractivity contribution >= 4 is 46.4 Å². The lowest BCUT2D eigenvalue weighted by atomic mass is 9.90. The number of aliphatic hydroxyl groups is 1. The number of halogens is 3. The van der Waals surface area contributed by atoms with Gasteiger partial charge in [-0.15, -0.1) is 0 Å². The fraction of sp³-hybridized carbons (Fsp3) is 0.480. The molecule has 1 amide bonds. The van der Waals surface area contributed by atoms with Crippen molar-refractivity contribution in [3.63, 3.8) is 0 Å². The standard InChI is InChI=1S/C25H29Cl3N2O5/c1-16-21(14-30-10-12-33-13-11-30)34-23(35-22(16)18-4-2-17(15-31)3-5-18)19-6-8-20(9-7-19)29-24(32)25(26,27)28/h2-9,16,21-23,31H,10-15H2,1H3,(H,29,32)/t16-,21+,22+,23+/m0/s1. The van der Waals surface area contributed by atoms with E-state index in [9.17, 15) is 9.90 Å². The van der Waals surface area contributed by atoms with Gasteiger partial charge in [0, 0.05) is 36.8 Å². The fourth-order valence-electron chi connectivity index (χ4n) is 4.29. The Morgan fingerprint density at radius 2 is 1.66 bits per heavy atom. The summed E-state index contributed by atoms with van der Waals surface area (Å²) in [7, 11) is 0. The van der Waals surface area contributed by atoms with Crippen molar-refractivity contribution in [3.05, 3.63) is 65.2 Å². The second kappa shape index (κ2) is 11.8. The number of ether oxygens (including phenoxy) is 3. The van der Waals surface area contributed by atoms with Crippen LogP contribution in [0.5, 0.6) is 0 Å². The van der Waals surface area contributed by atoms with Crippen LogP contribution in [0.2, 0.25) is 0 Å². The van der Waals surface area contributed by atoms with E-state index in [-0.39, 0.29) is 24.7 Å². The third-order valence-corrected chi connectivity index (χ3v) is 6.88. The number of aliphatic hydroxyl groups excluding tert-OH is 1. The van der Waals surface area contributed by atoms with E-state index in [0.717, 1.165) is 36.3 Å². The molecule has 0 unspecified atom stereocenters. The number of benzene rings is 2. The number of hydrogen-bond acceptors (Lipinski definition) is 6. The Bertz CT molecular complexity index is 978. The van der Waals surface area contributed by atoms with Gasteiger partial charge in [-0.3, -0.25) is 9.69 Å². The van der Waals surface area contributed by atoms with Crippen LogP contribution in [0.1, 0.15) is 36.0 Å². The topological polar surface area (TPSA) is 80.3 Å². The second-order valence-corrected chi connectivity index (χ2v) is 11.1. The van der Waals surface area contributed by atoms with Gasteiger partial charge in [0.15, 0.2) is 6.29 Å². The van der Waals surface area contributed by atoms with Crippen LogP contribution in [0.4, 0.5) is 5.69 Å². The van der Waals surface area contributed by atoms with Crippen molar-refractivity contribution < 1.29 is 24.1 Å². The summed E-state index contributed by atoms with van der Waals surface area (Å²) in [5.74, 6) is -0.636. The number of hydrogen-bond donors (Lipinski definition) is 2. The van der Waals surface area contributed by atoms with Gasteiger partial charge >= 0.3 is 0 Å². The molecular weight excluding hydrogens is 515 g/mol. The summed E-state index contributed by atoms with van der Waals surface area (Å²) in [4.78, 5) is 14.3. The Hall–Kier alpha value is -1.42. The summed E-state index contributed by atoms with van der Waals surface area (Å²) in [5.41, 5.74) is 3.19. The molecule has 0 aliphatic carbocycles.